The minimum Gasteiger partial charge on any atom is -0.357 e. The molecule has 0 bridgehead atoms. The molecule has 1 aromatic carbocycles. The summed E-state index contributed by atoms with van der Waals surface area (Å²) < 4.78 is 37.8. The highest BCUT2D eigenvalue weighted by Gasteiger charge is 2.31. The SMILES string of the molecule is FC(F)(F)c1ccc(N2CCC(NCc3cccc(Cl)c3)CC2)nc1. The van der Waals surface area contributed by atoms with Gasteiger partial charge in [0.25, 0.3) is 0 Å². The maximum Gasteiger partial charge on any atom is 0.417 e. The third-order valence-corrected chi connectivity index (χ3v) is 4.61. The maximum absolute atomic E-state index is 12.6. The standard InChI is InChI=1S/C18H19ClF3N3/c19-15-3-1-2-13(10-15)11-23-16-6-8-25(9-7-16)17-5-4-14(12-24-17)18(20,21)22/h1-5,10,12,16,23H,6-9,11H2. The van der Waals surface area contributed by atoms with Gasteiger partial charge in [0.1, 0.15) is 5.82 Å². The van der Waals surface area contributed by atoms with Crippen LogP contribution in [0.4, 0.5) is 19.0 Å². The van der Waals surface area contributed by atoms with Crippen molar-refractivity contribution in [3.8, 4) is 0 Å². The fourth-order valence-electron chi connectivity index (χ4n) is 2.96. The second kappa shape index (κ2) is 7.62. The molecule has 0 unspecified atom stereocenters. The zero-order valence-corrected chi connectivity index (χ0v) is 14.3. The molecular weight excluding hydrogens is 351 g/mol. The summed E-state index contributed by atoms with van der Waals surface area (Å²) in [5.41, 5.74) is 0.425. The molecule has 1 N–H and O–H groups in total. The highest BCUT2D eigenvalue weighted by atomic mass is 35.5. The van der Waals surface area contributed by atoms with E-state index in [1.807, 2.05) is 29.2 Å². The number of aromatic nitrogens is 1. The number of pyridine rings is 1. The molecule has 1 saturated heterocycles. The van der Waals surface area contributed by atoms with Gasteiger partial charge in [0.05, 0.1) is 5.56 Å². The lowest BCUT2D eigenvalue weighted by Gasteiger charge is -2.33. The van der Waals surface area contributed by atoms with Crippen molar-refractivity contribution in [3.63, 3.8) is 0 Å². The molecule has 0 saturated carbocycles. The van der Waals surface area contributed by atoms with Crippen LogP contribution in [-0.4, -0.2) is 24.1 Å². The molecule has 1 aliphatic heterocycles. The lowest BCUT2D eigenvalue weighted by Crippen LogP contribution is -2.42. The summed E-state index contributed by atoms with van der Waals surface area (Å²) in [7, 11) is 0. The second-order valence-electron chi connectivity index (χ2n) is 6.17. The van der Waals surface area contributed by atoms with Crippen LogP contribution in [0.3, 0.4) is 0 Å². The molecule has 1 fully saturated rings. The van der Waals surface area contributed by atoms with Crippen molar-refractivity contribution < 1.29 is 13.2 Å². The van der Waals surface area contributed by atoms with E-state index in [0.29, 0.717) is 11.9 Å². The van der Waals surface area contributed by atoms with Crippen LogP contribution >= 0.6 is 11.6 Å². The number of benzene rings is 1. The Morgan fingerprint density at radius 2 is 1.92 bits per heavy atom. The molecule has 0 amide bonds. The first-order valence-electron chi connectivity index (χ1n) is 8.18. The van der Waals surface area contributed by atoms with Crippen molar-refractivity contribution in [1.82, 2.24) is 10.3 Å². The van der Waals surface area contributed by atoms with Gasteiger partial charge in [-0.1, -0.05) is 23.7 Å². The zero-order chi connectivity index (χ0) is 17.9. The fraction of sp³-hybridized carbons (Fsp3) is 0.389. The van der Waals surface area contributed by atoms with Gasteiger partial charge in [0, 0.05) is 36.9 Å². The number of rotatable bonds is 4. The van der Waals surface area contributed by atoms with Crippen LogP contribution in [0.25, 0.3) is 0 Å². The van der Waals surface area contributed by atoms with Crippen molar-refractivity contribution in [3.05, 3.63) is 58.7 Å². The largest absolute Gasteiger partial charge is 0.417 e. The Hall–Kier alpha value is -1.79. The van der Waals surface area contributed by atoms with Crippen molar-refractivity contribution in [2.24, 2.45) is 0 Å². The van der Waals surface area contributed by atoms with Crippen molar-refractivity contribution in [2.75, 3.05) is 18.0 Å². The number of nitrogens with one attached hydrogen (secondary N) is 1. The third kappa shape index (κ3) is 4.86. The van der Waals surface area contributed by atoms with E-state index in [9.17, 15) is 13.2 Å². The first kappa shape index (κ1) is 18.0. The molecule has 134 valence electrons. The third-order valence-electron chi connectivity index (χ3n) is 4.38. The average molecular weight is 370 g/mol. The highest BCUT2D eigenvalue weighted by Crippen LogP contribution is 2.29. The summed E-state index contributed by atoms with van der Waals surface area (Å²) in [5.74, 6) is 0.598. The predicted molar refractivity (Wildman–Crippen MR) is 92.8 cm³/mol. The quantitative estimate of drug-likeness (QED) is 0.859. The molecule has 0 atom stereocenters. The Balaban J connectivity index is 1.50. The van der Waals surface area contributed by atoms with Crippen LogP contribution in [0.15, 0.2) is 42.6 Å². The van der Waals surface area contributed by atoms with E-state index in [1.54, 1.807) is 0 Å². The summed E-state index contributed by atoms with van der Waals surface area (Å²) in [6.07, 6.45) is -1.60. The van der Waals surface area contributed by atoms with Gasteiger partial charge in [-0.3, -0.25) is 0 Å². The van der Waals surface area contributed by atoms with Gasteiger partial charge in [-0.15, -0.1) is 0 Å². The Bertz CT molecular complexity index is 695. The lowest BCUT2D eigenvalue weighted by atomic mass is 10.0. The van der Waals surface area contributed by atoms with Crippen LogP contribution in [0, 0.1) is 0 Å². The van der Waals surface area contributed by atoms with Gasteiger partial charge in [-0.25, -0.2) is 4.98 Å². The Labute approximate surface area is 149 Å². The molecule has 25 heavy (non-hydrogen) atoms. The molecule has 3 rings (SSSR count). The second-order valence-corrected chi connectivity index (χ2v) is 6.61. The molecule has 7 heteroatoms. The molecule has 0 spiro atoms. The number of piperidine rings is 1. The molecule has 1 aliphatic rings. The van der Waals surface area contributed by atoms with Crippen molar-refractivity contribution in [2.45, 2.75) is 31.6 Å². The van der Waals surface area contributed by atoms with E-state index < -0.39 is 11.7 Å². The Morgan fingerprint density at radius 1 is 1.16 bits per heavy atom. The first-order chi connectivity index (χ1) is 11.9. The molecule has 0 aliphatic carbocycles. The molecule has 2 heterocycles. The highest BCUT2D eigenvalue weighted by molar-refractivity contribution is 6.30. The number of halogens is 4. The minimum atomic E-state index is -4.34. The molecule has 2 aromatic rings. The molecular formula is C18H19ClF3N3. The van der Waals surface area contributed by atoms with Crippen molar-refractivity contribution >= 4 is 17.4 Å². The van der Waals surface area contributed by atoms with Gasteiger partial charge >= 0.3 is 6.18 Å². The Kier molecular flexibility index (Phi) is 5.49. The Morgan fingerprint density at radius 3 is 2.52 bits per heavy atom. The minimum absolute atomic E-state index is 0.379. The van der Waals surface area contributed by atoms with Crippen LogP contribution in [0.1, 0.15) is 24.0 Å². The molecule has 0 radical (unpaired) electrons. The van der Waals surface area contributed by atoms with E-state index >= 15 is 0 Å². The van der Waals surface area contributed by atoms with Gasteiger partial charge in [0.2, 0.25) is 0 Å². The van der Waals surface area contributed by atoms with Gasteiger partial charge in [-0.05, 0) is 42.7 Å². The summed E-state index contributed by atoms with van der Waals surface area (Å²) in [5, 5.41) is 4.24. The average Bonchev–Trinajstić information content (AvgIpc) is 2.60. The maximum atomic E-state index is 12.6. The number of alkyl halides is 3. The number of hydrogen-bond donors (Lipinski definition) is 1. The summed E-state index contributed by atoms with van der Waals surface area (Å²) in [6.45, 7) is 2.29. The van der Waals surface area contributed by atoms with E-state index in [0.717, 1.165) is 55.3 Å². The van der Waals surface area contributed by atoms with Crippen LogP contribution in [-0.2, 0) is 12.7 Å². The monoisotopic (exact) mass is 369 g/mol. The summed E-state index contributed by atoms with van der Waals surface area (Å²) >= 11 is 5.98. The van der Waals surface area contributed by atoms with Crippen LogP contribution in [0.5, 0.6) is 0 Å². The van der Waals surface area contributed by atoms with Crippen LogP contribution in [0.2, 0.25) is 5.02 Å². The van der Waals surface area contributed by atoms with E-state index in [-0.39, 0.29) is 0 Å². The first-order valence-corrected chi connectivity index (χ1v) is 8.55. The summed E-state index contributed by atoms with van der Waals surface area (Å²) in [6, 6.07) is 10.7. The van der Waals surface area contributed by atoms with Gasteiger partial charge < -0.3 is 10.2 Å². The van der Waals surface area contributed by atoms with Gasteiger partial charge in [0.15, 0.2) is 0 Å². The fourth-order valence-corrected chi connectivity index (χ4v) is 3.18. The van der Waals surface area contributed by atoms with E-state index in [1.165, 1.54) is 6.07 Å². The van der Waals surface area contributed by atoms with E-state index in [2.05, 4.69) is 10.3 Å². The van der Waals surface area contributed by atoms with E-state index in [4.69, 9.17) is 11.6 Å². The lowest BCUT2D eigenvalue weighted by molar-refractivity contribution is -0.137. The number of anilines is 1. The molecule has 3 nitrogen and oxygen atoms in total. The topological polar surface area (TPSA) is 28.2 Å². The molecule has 1 aromatic heterocycles. The predicted octanol–water partition coefficient (Wildman–Crippen LogP) is 4.51. The smallest absolute Gasteiger partial charge is 0.357 e. The number of hydrogen-bond acceptors (Lipinski definition) is 3. The van der Waals surface area contributed by atoms with Crippen molar-refractivity contribution in [1.29, 1.82) is 0 Å². The van der Waals surface area contributed by atoms with Crippen LogP contribution < -0.4 is 10.2 Å². The summed E-state index contributed by atoms with van der Waals surface area (Å²) in [4.78, 5) is 5.99. The number of nitrogens with zero attached hydrogens (tertiary/aromatic N) is 2. The normalized spacial score (nSPS) is 16.2. The van der Waals surface area contributed by atoms with Gasteiger partial charge in [-0.2, -0.15) is 13.2 Å². The zero-order valence-electron chi connectivity index (χ0n) is 13.6.